The van der Waals surface area contributed by atoms with E-state index < -0.39 is 5.41 Å². The van der Waals surface area contributed by atoms with Gasteiger partial charge in [-0.05, 0) is 98.6 Å². The molecule has 0 saturated heterocycles. The first-order valence-electron chi connectivity index (χ1n) is 21.9. The molecule has 2 aromatic heterocycles. The quantitative estimate of drug-likeness (QED) is 0.159. The van der Waals surface area contributed by atoms with Gasteiger partial charge in [-0.3, -0.25) is 0 Å². The summed E-state index contributed by atoms with van der Waals surface area (Å²) in [4.78, 5) is 2.45. The van der Waals surface area contributed by atoms with Crippen molar-refractivity contribution in [1.82, 2.24) is 0 Å². The van der Waals surface area contributed by atoms with Crippen molar-refractivity contribution in [3.05, 3.63) is 259 Å². The third-order valence-electron chi connectivity index (χ3n) is 13.4. The number of benzene rings is 10. The summed E-state index contributed by atoms with van der Waals surface area (Å²) in [5.74, 6) is 0. The number of fused-ring (bicyclic) bond motifs is 9. The summed E-state index contributed by atoms with van der Waals surface area (Å²) >= 11 is 1.88. The Morgan fingerprint density at radius 2 is 0.938 bits per heavy atom. The number of para-hydroxylation sites is 1. The molecular formula is C61H39NOS. The number of nitrogens with zero attached hydrogens (tertiary/aromatic N) is 1. The van der Waals surface area contributed by atoms with Crippen LogP contribution in [0.1, 0.15) is 22.3 Å². The molecule has 0 atom stereocenters. The van der Waals surface area contributed by atoms with Gasteiger partial charge in [-0.25, -0.2) is 0 Å². The van der Waals surface area contributed by atoms with Gasteiger partial charge in [-0.1, -0.05) is 188 Å². The maximum absolute atomic E-state index is 6.36. The first kappa shape index (κ1) is 36.7. The largest absolute Gasteiger partial charge is 0.456 e. The lowest BCUT2D eigenvalue weighted by Gasteiger charge is -2.34. The van der Waals surface area contributed by atoms with Crippen LogP contribution in [0.4, 0.5) is 17.1 Å². The Bertz CT molecular complexity index is 3670. The lowest BCUT2D eigenvalue weighted by atomic mass is 9.68. The van der Waals surface area contributed by atoms with E-state index in [0.29, 0.717) is 0 Å². The van der Waals surface area contributed by atoms with Crippen molar-refractivity contribution in [1.29, 1.82) is 0 Å². The van der Waals surface area contributed by atoms with Crippen LogP contribution in [0.2, 0.25) is 0 Å². The van der Waals surface area contributed by atoms with E-state index in [4.69, 9.17) is 4.42 Å². The molecule has 0 aliphatic heterocycles. The van der Waals surface area contributed by atoms with E-state index in [9.17, 15) is 0 Å². The third-order valence-corrected chi connectivity index (χ3v) is 14.6. The summed E-state index contributed by atoms with van der Waals surface area (Å²) in [6.07, 6.45) is 0. The Kier molecular flexibility index (Phi) is 8.34. The van der Waals surface area contributed by atoms with Crippen molar-refractivity contribution in [2.75, 3.05) is 4.90 Å². The number of thiophene rings is 1. The number of rotatable bonds is 7. The van der Waals surface area contributed by atoms with E-state index in [2.05, 4.69) is 235 Å². The Morgan fingerprint density at radius 3 is 1.72 bits per heavy atom. The number of hydrogen-bond acceptors (Lipinski definition) is 3. The average molecular weight is 834 g/mol. The molecule has 10 aromatic carbocycles. The minimum absolute atomic E-state index is 0.515. The second kappa shape index (κ2) is 14.6. The van der Waals surface area contributed by atoms with Crippen LogP contribution in [-0.2, 0) is 5.41 Å². The molecule has 2 heterocycles. The Morgan fingerprint density at radius 1 is 0.375 bits per heavy atom. The van der Waals surface area contributed by atoms with Gasteiger partial charge in [0.25, 0.3) is 0 Å². The fraction of sp³-hybridized carbons (Fsp3) is 0.0164. The van der Waals surface area contributed by atoms with Crippen molar-refractivity contribution >= 4 is 70.5 Å². The lowest BCUT2D eigenvalue weighted by molar-refractivity contribution is 0.669. The second-order valence-electron chi connectivity index (χ2n) is 16.7. The Labute approximate surface area is 375 Å². The summed E-state index contributed by atoms with van der Waals surface area (Å²) in [7, 11) is 0. The molecular weight excluding hydrogens is 795 g/mol. The van der Waals surface area contributed by atoms with Crippen molar-refractivity contribution in [3.63, 3.8) is 0 Å². The SMILES string of the molecule is c1ccc(C2(c3ccccc3)c3ccccc3-c3c(N(c4ccc(-c5ccc(-c6cccc7c6sc6ccccc67)cc5)cc4)c4ccc5oc6ccccc6c5c4)cccc32)cc1. The number of anilines is 3. The van der Waals surface area contributed by atoms with E-state index in [0.717, 1.165) is 39.0 Å². The topological polar surface area (TPSA) is 16.4 Å². The highest BCUT2D eigenvalue weighted by Gasteiger charge is 2.47. The molecule has 13 rings (SSSR count). The van der Waals surface area contributed by atoms with Crippen LogP contribution in [0.15, 0.2) is 241 Å². The number of furan rings is 1. The molecule has 0 spiro atoms. The van der Waals surface area contributed by atoms with Crippen molar-refractivity contribution in [2.45, 2.75) is 5.41 Å². The van der Waals surface area contributed by atoms with Crippen molar-refractivity contribution in [2.24, 2.45) is 0 Å². The molecule has 0 radical (unpaired) electrons. The molecule has 300 valence electrons. The third kappa shape index (κ3) is 5.51. The van der Waals surface area contributed by atoms with Gasteiger partial charge >= 0.3 is 0 Å². The highest BCUT2D eigenvalue weighted by atomic mass is 32.1. The zero-order valence-corrected chi connectivity index (χ0v) is 35.6. The monoisotopic (exact) mass is 833 g/mol. The summed E-state index contributed by atoms with van der Waals surface area (Å²) in [5, 5.41) is 4.85. The number of hydrogen-bond donors (Lipinski definition) is 0. The molecule has 1 aliphatic carbocycles. The summed E-state index contributed by atoms with van der Waals surface area (Å²) in [6.45, 7) is 0. The smallest absolute Gasteiger partial charge is 0.135 e. The molecule has 64 heavy (non-hydrogen) atoms. The van der Waals surface area contributed by atoms with Gasteiger partial charge in [0.1, 0.15) is 11.2 Å². The fourth-order valence-electron chi connectivity index (χ4n) is 10.6. The normalized spacial score (nSPS) is 12.8. The highest BCUT2D eigenvalue weighted by molar-refractivity contribution is 7.26. The van der Waals surface area contributed by atoms with Gasteiger partial charge < -0.3 is 9.32 Å². The van der Waals surface area contributed by atoms with E-state index in [-0.39, 0.29) is 0 Å². The average Bonchev–Trinajstić information content (AvgIpc) is 4.04. The van der Waals surface area contributed by atoms with Crippen LogP contribution in [0.5, 0.6) is 0 Å². The molecule has 3 heteroatoms. The highest BCUT2D eigenvalue weighted by Crippen LogP contribution is 2.59. The molecule has 12 aromatic rings. The van der Waals surface area contributed by atoms with Crippen LogP contribution in [0.25, 0.3) is 75.5 Å². The molecule has 0 fully saturated rings. The minimum atomic E-state index is -0.515. The molecule has 2 nitrogen and oxygen atoms in total. The fourth-order valence-corrected chi connectivity index (χ4v) is 11.8. The predicted molar refractivity (Wildman–Crippen MR) is 269 cm³/mol. The van der Waals surface area contributed by atoms with E-state index in [1.165, 1.54) is 75.8 Å². The maximum Gasteiger partial charge on any atom is 0.135 e. The van der Waals surface area contributed by atoms with E-state index >= 15 is 0 Å². The van der Waals surface area contributed by atoms with Crippen molar-refractivity contribution in [3.8, 4) is 33.4 Å². The van der Waals surface area contributed by atoms with E-state index in [1.807, 2.05) is 17.4 Å². The summed E-state index contributed by atoms with van der Waals surface area (Å²) < 4.78 is 9.02. The first-order chi connectivity index (χ1) is 31.7. The van der Waals surface area contributed by atoms with E-state index in [1.54, 1.807) is 0 Å². The van der Waals surface area contributed by atoms with Crippen LogP contribution in [0.3, 0.4) is 0 Å². The van der Waals surface area contributed by atoms with Gasteiger partial charge in [-0.15, -0.1) is 11.3 Å². The second-order valence-corrected chi connectivity index (χ2v) is 17.8. The van der Waals surface area contributed by atoms with Crippen LogP contribution in [-0.4, -0.2) is 0 Å². The minimum Gasteiger partial charge on any atom is -0.456 e. The zero-order valence-electron chi connectivity index (χ0n) is 34.8. The predicted octanol–water partition coefficient (Wildman–Crippen LogP) is 17.1. The lowest BCUT2D eigenvalue weighted by Crippen LogP contribution is -2.28. The summed E-state index contributed by atoms with van der Waals surface area (Å²) in [6, 6.07) is 86.5. The Hall–Kier alpha value is -7.98. The standard InChI is InChI=1S/C61H39NOS/c1-3-15-43(16-4-1)61(44-17-5-2-6-18-44)53-24-10-7-21-51(53)59-54(61)25-14-26-55(59)62(46-37-38-57-52(39-46)48-19-8-11-27-56(48)63-57)45-35-33-41(34-36-45)40-29-31-42(32-30-40)47-22-13-23-50-49-20-9-12-28-58(49)64-60(47)50/h1-39H. The van der Waals surface area contributed by atoms with Crippen LogP contribution >= 0.6 is 11.3 Å². The molecule has 0 unspecified atom stereocenters. The Balaban J connectivity index is 0.974. The van der Waals surface area contributed by atoms with Gasteiger partial charge in [0.15, 0.2) is 0 Å². The van der Waals surface area contributed by atoms with Gasteiger partial charge in [-0.2, -0.15) is 0 Å². The molecule has 0 saturated carbocycles. The van der Waals surface area contributed by atoms with Crippen molar-refractivity contribution < 1.29 is 4.42 Å². The van der Waals surface area contributed by atoms with Gasteiger partial charge in [0, 0.05) is 47.9 Å². The first-order valence-corrected chi connectivity index (χ1v) is 22.7. The molecule has 0 N–H and O–H groups in total. The maximum atomic E-state index is 6.36. The van der Waals surface area contributed by atoms with Gasteiger partial charge in [0.05, 0.1) is 11.1 Å². The molecule has 0 bridgehead atoms. The molecule has 1 aliphatic rings. The van der Waals surface area contributed by atoms with Crippen LogP contribution in [0, 0.1) is 0 Å². The summed E-state index contributed by atoms with van der Waals surface area (Å²) in [5.41, 5.74) is 16.9. The van der Waals surface area contributed by atoms with Crippen LogP contribution < -0.4 is 4.90 Å². The zero-order chi connectivity index (χ0) is 42.2. The van der Waals surface area contributed by atoms with Gasteiger partial charge in [0.2, 0.25) is 0 Å². The molecule has 0 amide bonds.